The van der Waals surface area contributed by atoms with Gasteiger partial charge < -0.3 is 4.43 Å². The van der Waals surface area contributed by atoms with Gasteiger partial charge in [-0.15, -0.1) is 0 Å². The molecule has 2 aliphatic carbocycles. The molecule has 0 heterocycles. The van der Waals surface area contributed by atoms with Crippen molar-refractivity contribution in [1.29, 1.82) is 0 Å². The van der Waals surface area contributed by atoms with Gasteiger partial charge in [0, 0.05) is 17.9 Å². The number of allylic oxidation sites excluding steroid dienone is 4. The first-order valence-electron chi connectivity index (χ1n) is 8.64. The van der Waals surface area contributed by atoms with E-state index in [9.17, 15) is 4.79 Å². The van der Waals surface area contributed by atoms with E-state index in [0.717, 1.165) is 29.7 Å². The average Bonchev–Trinajstić information content (AvgIpc) is 2.76. The molecule has 22 heavy (non-hydrogen) atoms. The summed E-state index contributed by atoms with van der Waals surface area (Å²) in [4.78, 5) is 12.8. The third-order valence-electron chi connectivity index (χ3n) is 5.76. The van der Waals surface area contributed by atoms with E-state index in [1.54, 1.807) is 0 Å². The van der Waals surface area contributed by atoms with Gasteiger partial charge >= 0.3 is 0 Å². The summed E-state index contributed by atoms with van der Waals surface area (Å²) in [5, 5.41) is 0.185. The van der Waals surface area contributed by atoms with Crippen LogP contribution in [-0.2, 0) is 9.22 Å². The quantitative estimate of drug-likeness (QED) is 0.488. The maximum Gasteiger partial charge on any atom is 0.250 e. The van der Waals surface area contributed by atoms with Crippen LogP contribution in [0, 0.1) is 11.8 Å². The van der Waals surface area contributed by atoms with Gasteiger partial charge in [0.15, 0.2) is 5.78 Å². The minimum Gasteiger partial charge on any atom is -0.546 e. The highest BCUT2D eigenvalue weighted by Gasteiger charge is 2.42. The first kappa shape index (κ1) is 17.5. The first-order valence-corrected chi connectivity index (χ1v) is 11.5. The second-order valence-corrected chi connectivity index (χ2v) is 13.5. The van der Waals surface area contributed by atoms with Crippen molar-refractivity contribution in [1.82, 2.24) is 0 Å². The smallest absolute Gasteiger partial charge is 0.250 e. The third kappa shape index (κ3) is 3.39. The van der Waals surface area contributed by atoms with Crippen LogP contribution in [0.15, 0.2) is 23.0 Å². The molecule has 0 radical (unpaired) electrons. The number of carbonyl (C=O) groups excluding carboxylic acids is 1. The van der Waals surface area contributed by atoms with Crippen LogP contribution >= 0.6 is 0 Å². The summed E-state index contributed by atoms with van der Waals surface area (Å²) in [6.45, 7) is 15.5. The zero-order valence-corrected chi connectivity index (χ0v) is 16.4. The lowest BCUT2D eigenvalue weighted by atomic mass is 9.88. The van der Waals surface area contributed by atoms with Crippen LogP contribution in [0.3, 0.4) is 0 Å². The van der Waals surface area contributed by atoms with E-state index in [4.69, 9.17) is 4.43 Å². The van der Waals surface area contributed by atoms with Crippen molar-refractivity contribution in [2.75, 3.05) is 0 Å². The van der Waals surface area contributed by atoms with Crippen LogP contribution < -0.4 is 0 Å². The summed E-state index contributed by atoms with van der Waals surface area (Å²) < 4.78 is 6.57. The Balaban J connectivity index is 2.36. The summed E-state index contributed by atoms with van der Waals surface area (Å²) in [6.07, 6.45) is 6.42. The zero-order chi connectivity index (χ0) is 16.7. The maximum absolute atomic E-state index is 12.8. The lowest BCUT2D eigenvalue weighted by Crippen LogP contribution is -2.40. The van der Waals surface area contributed by atoms with E-state index >= 15 is 0 Å². The molecule has 0 amide bonds. The van der Waals surface area contributed by atoms with Crippen LogP contribution in [0.4, 0.5) is 0 Å². The largest absolute Gasteiger partial charge is 0.546 e. The summed E-state index contributed by atoms with van der Waals surface area (Å²) in [5.41, 5.74) is 2.02. The Morgan fingerprint density at radius 2 is 1.86 bits per heavy atom. The van der Waals surface area contributed by atoms with Gasteiger partial charge in [-0.3, -0.25) is 4.79 Å². The molecule has 0 N–H and O–H groups in total. The highest BCUT2D eigenvalue weighted by molar-refractivity contribution is 6.74. The molecule has 0 aliphatic heterocycles. The third-order valence-corrected chi connectivity index (χ3v) is 10.1. The van der Waals surface area contributed by atoms with Gasteiger partial charge in [0.2, 0.25) is 8.32 Å². The Morgan fingerprint density at radius 1 is 1.23 bits per heavy atom. The van der Waals surface area contributed by atoms with Crippen molar-refractivity contribution in [3.05, 3.63) is 23.0 Å². The summed E-state index contributed by atoms with van der Waals surface area (Å²) >= 11 is 0. The molecule has 0 aromatic carbocycles. The number of Topliss-reactive ketones (excluding diaryl/α,β-unsaturated/α-hetero) is 1. The second-order valence-electron chi connectivity index (χ2n) is 8.75. The van der Waals surface area contributed by atoms with Crippen LogP contribution in [0.1, 0.15) is 60.3 Å². The predicted molar refractivity (Wildman–Crippen MR) is 95.2 cm³/mol. The fourth-order valence-electron chi connectivity index (χ4n) is 3.32. The van der Waals surface area contributed by atoms with Gasteiger partial charge in [0.05, 0.1) is 5.76 Å². The second kappa shape index (κ2) is 5.99. The van der Waals surface area contributed by atoms with Crippen LogP contribution in [0.5, 0.6) is 0 Å². The molecule has 0 aromatic rings. The van der Waals surface area contributed by atoms with E-state index < -0.39 is 8.32 Å². The average molecular weight is 321 g/mol. The Bertz CT molecular complexity index is 516. The SMILES string of the molecule is CC(C)=C1C=C(O[Si](C)(C)C(C)(C)C)C[C@@H]2CCC[C@@H]2C1=O. The van der Waals surface area contributed by atoms with Crippen LogP contribution in [-0.4, -0.2) is 14.1 Å². The van der Waals surface area contributed by atoms with Crippen molar-refractivity contribution in [3.63, 3.8) is 0 Å². The minimum atomic E-state index is -1.85. The molecule has 1 saturated carbocycles. The van der Waals surface area contributed by atoms with Gasteiger partial charge in [0.1, 0.15) is 0 Å². The molecular weight excluding hydrogens is 288 g/mol. The maximum atomic E-state index is 12.8. The van der Waals surface area contributed by atoms with Crippen molar-refractivity contribution >= 4 is 14.1 Å². The molecule has 2 aliphatic rings. The topological polar surface area (TPSA) is 26.3 Å². The highest BCUT2D eigenvalue weighted by Crippen LogP contribution is 2.44. The predicted octanol–water partition coefficient (Wildman–Crippen LogP) is 5.62. The number of ketones is 1. The fraction of sp³-hybridized carbons (Fsp3) is 0.737. The highest BCUT2D eigenvalue weighted by atomic mass is 28.4. The van der Waals surface area contributed by atoms with Crippen LogP contribution in [0.25, 0.3) is 0 Å². The molecule has 0 spiro atoms. The molecule has 124 valence electrons. The number of hydrogen-bond acceptors (Lipinski definition) is 2. The summed E-state index contributed by atoms with van der Waals surface area (Å²) in [5.74, 6) is 2.13. The van der Waals surface area contributed by atoms with E-state index in [2.05, 4.69) is 39.9 Å². The lowest BCUT2D eigenvalue weighted by Gasteiger charge is -2.37. The number of carbonyl (C=O) groups is 1. The molecule has 0 unspecified atom stereocenters. The van der Waals surface area contributed by atoms with Gasteiger partial charge in [-0.25, -0.2) is 0 Å². The molecule has 2 rings (SSSR count). The van der Waals surface area contributed by atoms with E-state index in [1.807, 2.05) is 13.8 Å². The minimum absolute atomic E-state index is 0.185. The normalized spacial score (nSPS) is 26.4. The van der Waals surface area contributed by atoms with E-state index in [1.165, 1.54) is 12.8 Å². The Kier molecular flexibility index (Phi) is 4.77. The van der Waals surface area contributed by atoms with Crippen molar-refractivity contribution in [2.24, 2.45) is 11.8 Å². The standard InChI is InChI=1S/C19H32O2Si/c1-13(2)17-12-15(21-22(6,7)19(3,4)5)11-14-9-8-10-16(14)18(17)20/h12,14,16H,8-11H2,1-7H3/t14-,16-/m0/s1. The van der Waals surface area contributed by atoms with Gasteiger partial charge in [0.25, 0.3) is 0 Å². The molecule has 0 bridgehead atoms. The van der Waals surface area contributed by atoms with Gasteiger partial charge in [-0.2, -0.15) is 0 Å². The molecule has 3 heteroatoms. The Labute approximate surface area is 137 Å². The zero-order valence-electron chi connectivity index (χ0n) is 15.4. The van der Waals surface area contributed by atoms with Gasteiger partial charge in [-0.1, -0.05) is 32.8 Å². The molecular formula is C19H32O2Si. The van der Waals surface area contributed by atoms with Crippen molar-refractivity contribution in [2.45, 2.75) is 78.4 Å². The Hall–Kier alpha value is -0.833. The summed E-state index contributed by atoms with van der Waals surface area (Å²) in [7, 11) is -1.85. The molecule has 1 fully saturated rings. The van der Waals surface area contributed by atoms with Gasteiger partial charge in [-0.05, 0) is 56.8 Å². The Morgan fingerprint density at radius 3 is 2.41 bits per heavy atom. The molecule has 2 nitrogen and oxygen atoms in total. The summed E-state index contributed by atoms with van der Waals surface area (Å²) in [6, 6.07) is 0. The number of fused-ring (bicyclic) bond motifs is 1. The van der Waals surface area contributed by atoms with E-state index in [-0.39, 0.29) is 11.0 Å². The molecule has 0 aromatic heterocycles. The fourth-order valence-corrected chi connectivity index (χ4v) is 4.42. The first-order chi connectivity index (χ1) is 10.0. The van der Waals surface area contributed by atoms with Crippen molar-refractivity contribution in [3.8, 4) is 0 Å². The lowest BCUT2D eigenvalue weighted by molar-refractivity contribution is -0.119. The molecule has 2 atom stereocenters. The van der Waals surface area contributed by atoms with E-state index in [0.29, 0.717) is 11.7 Å². The van der Waals surface area contributed by atoms with Crippen molar-refractivity contribution < 1.29 is 9.22 Å². The number of hydrogen-bond donors (Lipinski definition) is 0. The monoisotopic (exact) mass is 320 g/mol. The molecule has 0 saturated heterocycles. The van der Waals surface area contributed by atoms with Crippen LogP contribution in [0.2, 0.25) is 18.1 Å². The number of rotatable bonds is 2.